The number of benzene rings is 2. The summed E-state index contributed by atoms with van der Waals surface area (Å²) in [6.07, 6.45) is 1.61. The summed E-state index contributed by atoms with van der Waals surface area (Å²) in [5.74, 6) is -0.882. The molecule has 3 heteroatoms. The fourth-order valence-corrected chi connectivity index (χ4v) is 1.63. The number of carboxylic acid groups (broad SMARTS) is 1. The number of carbonyl (C=O) groups is 1. The minimum absolute atomic E-state index is 0.114. The van der Waals surface area contributed by atoms with Gasteiger partial charge in [0, 0.05) is 0 Å². The van der Waals surface area contributed by atoms with Crippen molar-refractivity contribution in [3.05, 3.63) is 65.7 Å². The van der Waals surface area contributed by atoms with Crippen LogP contribution in [0.5, 0.6) is 5.75 Å². The standard InChI is InChI=1S/C15H12O3/c16-13-8-6-12(7-9-13)14(15(17)18)10-11-4-2-1-3-5-11/h1-10,16H,(H,17,18)/b14-10-. The summed E-state index contributed by atoms with van der Waals surface area (Å²) in [5, 5.41) is 18.4. The first-order valence-electron chi connectivity index (χ1n) is 5.46. The van der Waals surface area contributed by atoms with E-state index in [1.54, 1.807) is 18.2 Å². The highest BCUT2D eigenvalue weighted by Gasteiger charge is 2.10. The molecule has 0 radical (unpaired) electrons. The SMILES string of the molecule is O=C(O)/C(=C\c1ccccc1)c1ccc(O)cc1. The monoisotopic (exact) mass is 240 g/mol. The lowest BCUT2D eigenvalue weighted by atomic mass is 10.0. The topological polar surface area (TPSA) is 57.5 Å². The van der Waals surface area contributed by atoms with Gasteiger partial charge in [-0.3, -0.25) is 0 Å². The molecule has 0 amide bonds. The molecular weight excluding hydrogens is 228 g/mol. The van der Waals surface area contributed by atoms with Crippen LogP contribution in [-0.4, -0.2) is 16.2 Å². The maximum Gasteiger partial charge on any atom is 0.336 e. The van der Waals surface area contributed by atoms with Gasteiger partial charge in [-0.05, 0) is 29.3 Å². The molecule has 0 aliphatic rings. The molecule has 0 atom stereocenters. The molecule has 0 fully saturated rings. The number of hydrogen-bond acceptors (Lipinski definition) is 2. The van der Waals surface area contributed by atoms with Crippen LogP contribution in [0.4, 0.5) is 0 Å². The lowest BCUT2D eigenvalue weighted by Crippen LogP contribution is -1.99. The Balaban J connectivity index is 2.44. The Morgan fingerprint density at radius 3 is 2.11 bits per heavy atom. The molecule has 0 saturated carbocycles. The van der Waals surface area contributed by atoms with E-state index in [1.807, 2.05) is 30.3 Å². The molecule has 2 rings (SSSR count). The second-order valence-corrected chi connectivity index (χ2v) is 3.82. The molecule has 2 N–H and O–H groups in total. The van der Waals surface area contributed by atoms with Crippen molar-refractivity contribution >= 4 is 17.6 Å². The van der Waals surface area contributed by atoms with Gasteiger partial charge in [0.05, 0.1) is 5.57 Å². The minimum atomic E-state index is -0.996. The average molecular weight is 240 g/mol. The van der Waals surface area contributed by atoms with Gasteiger partial charge in [-0.2, -0.15) is 0 Å². The Labute approximate surface area is 105 Å². The maximum absolute atomic E-state index is 11.3. The summed E-state index contributed by atoms with van der Waals surface area (Å²) in [4.78, 5) is 11.3. The Hall–Kier alpha value is -2.55. The minimum Gasteiger partial charge on any atom is -0.508 e. The molecule has 0 aromatic heterocycles. The van der Waals surface area contributed by atoms with E-state index in [2.05, 4.69) is 0 Å². The summed E-state index contributed by atoms with van der Waals surface area (Å²) in [5.41, 5.74) is 1.58. The van der Waals surface area contributed by atoms with Crippen LogP contribution < -0.4 is 0 Å². The zero-order valence-corrected chi connectivity index (χ0v) is 9.58. The van der Waals surface area contributed by atoms with Crippen LogP contribution in [0.25, 0.3) is 11.6 Å². The van der Waals surface area contributed by atoms with E-state index in [-0.39, 0.29) is 11.3 Å². The van der Waals surface area contributed by atoms with Crippen LogP contribution in [0.2, 0.25) is 0 Å². The Bertz CT molecular complexity index is 568. The molecule has 0 saturated heterocycles. The number of aromatic hydroxyl groups is 1. The lowest BCUT2D eigenvalue weighted by Gasteiger charge is -2.03. The van der Waals surface area contributed by atoms with Crippen LogP contribution in [0.3, 0.4) is 0 Å². The Morgan fingerprint density at radius 1 is 0.944 bits per heavy atom. The third-order valence-electron chi connectivity index (χ3n) is 2.52. The van der Waals surface area contributed by atoms with E-state index in [0.717, 1.165) is 5.56 Å². The first-order valence-corrected chi connectivity index (χ1v) is 5.46. The van der Waals surface area contributed by atoms with Crippen LogP contribution >= 0.6 is 0 Å². The normalized spacial score (nSPS) is 11.2. The largest absolute Gasteiger partial charge is 0.508 e. The lowest BCUT2D eigenvalue weighted by molar-refractivity contribution is -0.130. The summed E-state index contributed by atoms with van der Waals surface area (Å²) in [7, 11) is 0. The third kappa shape index (κ3) is 2.77. The molecule has 18 heavy (non-hydrogen) atoms. The maximum atomic E-state index is 11.3. The van der Waals surface area contributed by atoms with Gasteiger partial charge >= 0.3 is 5.97 Å². The van der Waals surface area contributed by atoms with Gasteiger partial charge in [0.2, 0.25) is 0 Å². The van der Waals surface area contributed by atoms with Crippen molar-refractivity contribution in [2.45, 2.75) is 0 Å². The molecule has 3 nitrogen and oxygen atoms in total. The number of carboxylic acids is 1. The number of phenolic OH excluding ortho intramolecular Hbond substituents is 1. The average Bonchev–Trinajstić information content (AvgIpc) is 2.38. The van der Waals surface area contributed by atoms with E-state index in [4.69, 9.17) is 0 Å². The van der Waals surface area contributed by atoms with Crippen molar-refractivity contribution in [3.63, 3.8) is 0 Å². The molecule has 0 spiro atoms. The molecule has 2 aromatic rings. The van der Waals surface area contributed by atoms with E-state index >= 15 is 0 Å². The Kier molecular flexibility index (Phi) is 3.44. The third-order valence-corrected chi connectivity index (χ3v) is 2.52. The zero-order chi connectivity index (χ0) is 13.0. The van der Waals surface area contributed by atoms with E-state index in [0.29, 0.717) is 5.56 Å². The van der Waals surface area contributed by atoms with E-state index in [1.165, 1.54) is 12.1 Å². The van der Waals surface area contributed by atoms with E-state index < -0.39 is 5.97 Å². The van der Waals surface area contributed by atoms with Crippen LogP contribution in [-0.2, 0) is 4.79 Å². The van der Waals surface area contributed by atoms with Gasteiger partial charge in [-0.25, -0.2) is 4.79 Å². The van der Waals surface area contributed by atoms with Crippen LogP contribution in [0.15, 0.2) is 54.6 Å². The van der Waals surface area contributed by atoms with Crippen molar-refractivity contribution in [2.75, 3.05) is 0 Å². The first-order chi connectivity index (χ1) is 8.66. The van der Waals surface area contributed by atoms with Gasteiger partial charge in [0.15, 0.2) is 0 Å². The second-order valence-electron chi connectivity index (χ2n) is 3.82. The predicted octanol–water partition coefficient (Wildman–Crippen LogP) is 3.02. The van der Waals surface area contributed by atoms with Crippen molar-refractivity contribution in [1.82, 2.24) is 0 Å². The summed E-state index contributed by atoms with van der Waals surface area (Å²) >= 11 is 0. The molecule has 2 aromatic carbocycles. The van der Waals surface area contributed by atoms with Crippen molar-refractivity contribution in [2.24, 2.45) is 0 Å². The summed E-state index contributed by atoms with van der Waals surface area (Å²) < 4.78 is 0. The summed E-state index contributed by atoms with van der Waals surface area (Å²) in [6.45, 7) is 0. The number of hydrogen-bond donors (Lipinski definition) is 2. The van der Waals surface area contributed by atoms with Crippen LogP contribution in [0, 0.1) is 0 Å². The zero-order valence-electron chi connectivity index (χ0n) is 9.58. The highest BCUT2D eigenvalue weighted by atomic mass is 16.4. The van der Waals surface area contributed by atoms with Gasteiger partial charge in [-0.1, -0.05) is 42.5 Å². The fourth-order valence-electron chi connectivity index (χ4n) is 1.63. The molecule has 0 aliphatic heterocycles. The number of aliphatic carboxylic acids is 1. The van der Waals surface area contributed by atoms with Crippen molar-refractivity contribution in [1.29, 1.82) is 0 Å². The molecule has 0 unspecified atom stereocenters. The summed E-state index contributed by atoms with van der Waals surface area (Å²) in [6, 6.07) is 15.3. The highest BCUT2D eigenvalue weighted by Crippen LogP contribution is 2.20. The highest BCUT2D eigenvalue weighted by molar-refractivity contribution is 6.20. The van der Waals surface area contributed by atoms with Crippen molar-refractivity contribution in [3.8, 4) is 5.75 Å². The smallest absolute Gasteiger partial charge is 0.336 e. The van der Waals surface area contributed by atoms with Gasteiger partial charge in [-0.15, -0.1) is 0 Å². The second kappa shape index (κ2) is 5.19. The van der Waals surface area contributed by atoms with Crippen molar-refractivity contribution < 1.29 is 15.0 Å². The van der Waals surface area contributed by atoms with Gasteiger partial charge in [0.1, 0.15) is 5.75 Å². The Morgan fingerprint density at radius 2 is 1.56 bits per heavy atom. The quantitative estimate of drug-likeness (QED) is 0.640. The molecule has 0 bridgehead atoms. The fraction of sp³-hybridized carbons (Fsp3) is 0. The number of rotatable bonds is 3. The first kappa shape index (κ1) is 11.9. The predicted molar refractivity (Wildman–Crippen MR) is 70.1 cm³/mol. The van der Waals surface area contributed by atoms with Gasteiger partial charge < -0.3 is 10.2 Å². The molecule has 0 heterocycles. The van der Waals surface area contributed by atoms with Crippen LogP contribution in [0.1, 0.15) is 11.1 Å². The van der Waals surface area contributed by atoms with E-state index in [9.17, 15) is 15.0 Å². The molecular formula is C15H12O3. The number of phenols is 1. The molecule has 90 valence electrons. The molecule has 0 aliphatic carbocycles. The van der Waals surface area contributed by atoms with Gasteiger partial charge in [0.25, 0.3) is 0 Å².